The van der Waals surface area contributed by atoms with Gasteiger partial charge >= 0.3 is 0 Å². The summed E-state index contributed by atoms with van der Waals surface area (Å²) in [6.07, 6.45) is 3.79. The van der Waals surface area contributed by atoms with Gasteiger partial charge in [-0.3, -0.25) is 9.67 Å². The second kappa shape index (κ2) is 4.72. The molecule has 0 spiro atoms. The number of nitrogens with one attached hydrogen (secondary N) is 1. The molecule has 0 atom stereocenters. The molecule has 1 N–H and O–H groups in total. The van der Waals surface area contributed by atoms with E-state index < -0.39 is 0 Å². The molecule has 3 aromatic rings. The molecule has 2 aromatic heterocycles. The number of pyridine rings is 1. The maximum Gasteiger partial charge on any atom is 0.0729 e. The number of anilines is 1. The molecule has 0 bridgehead atoms. The lowest BCUT2D eigenvalue weighted by Gasteiger charge is -2.05. The van der Waals surface area contributed by atoms with E-state index in [1.54, 1.807) is 4.68 Å². The van der Waals surface area contributed by atoms with Gasteiger partial charge in [0.15, 0.2) is 0 Å². The Morgan fingerprint density at radius 2 is 2.11 bits per heavy atom. The maximum atomic E-state index is 4.50. The second-order valence-electron chi connectivity index (χ2n) is 4.74. The molecule has 4 nitrogen and oxygen atoms in total. The number of hydrogen-bond acceptors (Lipinski definition) is 3. The number of aromatic nitrogens is 3. The van der Waals surface area contributed by atoms with Gasteiger partial charge in [0, 0.05) is 30.9 Å². The topological polar surface area (TPSA) is 42.7 Å². The van der Waals surface area contributed by atoms with Gasteiger partial charge in [0.05, 0.1) is 17.4 Å². The van der Waals surface area contributed by atoms with Gasteiger partial charge in [-0.05, 0) is 30.7 Å². The Labute approximate surface area is 112 Å². The van der Waals surface area contributed by atoms with Crippen molar-refractivity contribution in [1.29, 1.82) is 0 Å². The maximum absolute atomic E-state index is 4.50. The van der Waals surface area contributed by atoms with Crippen LogP contribution in [0.3, 0.4) is 0 Å². The van der Waals surface area contributed by atoms with Crippen molar-refractivity contribution >= 4 is 16.6 Å². The Kier molecular flexibility index (Phi) is 2.91. The van der Waals surface area contributed by atoms with Crippen molar-refractivity contribution < 1.29 is 0 Å². The third-order valence-electron chi connectivity index (χ3n) is 3.09. The van der Waals surface area contributed by atoms with Crippen LogP contribution in [0.15, 0.2) is 42.7 Å². The molecule has 0 aliphatic carbocycles. The van der Waals surface area contributed by atoms with Crippen LogP contribution in [0, 0.1) is 6.92 Å². The van der Waals surface area contributed by atoms with E-state index in [1.807, 2.05) is 32.4 Å². The monoisotopic (exact) mass is 252 g/mol. The molecule has 0 fully saturated rings. The van der Waals surface area contributed by atoms with E-state index in [0.717, 1.165) is 23.4 Å². The highest BCUT2D eigenvalue weighted by Gasteiger charge is 2.00. The minimum atomic E-state index is 0.787. The number of fused-ring (bicyclic) bond motifs is 1. The molecule has 2 heterocycles. The highest BCUT2D eigenvalue weighted by molar-refractivity contribution is 5.79. The zero-order valence-electron chi connectivity index (χ0n) is 11.1. The van der Waals surface area contributed by atoms with E-state index in [-0.39, 0.29) is 0 Å². The average Bonchev–Trinajstić information content (AvgIpc) is 2.82. The highest BCUT2D eigenvalue weighted by atomic mass is 15.3. The average molecular weight is 252 g/mol. The van der Waals surface area contributed by atoms with Gasteiger partial charge < -0.3 is 5.32 Å². The molecule has 4 heteroatoms. The first kappa shape index (κ1) is 11.7. The number of nitrogens with zero attached hydrogens (tertiary/aromatic N) is 3. The summed E-state index contributed by atoms with van der Waals surface area (Å²) in [6, 6.07) is 10.5. The first-order valence-electron chi connectivity index (χ1n) is 6.29. The van der Waals surface area contributed by atoms with E-state index in [0.29, 0.717) is 0 Å². The van der Waals surface area contributed by atoms with Crippen LogP contribution in [0.1, 0.15) is 11.3 Å². The third-order valence-corrected chi connectivity index (χ3v) is 3.09. The smallest absolute Gasteiger partial charge is 0.0729 e. The predicted molar refractivity (Wildman–Crippen MR) is 77.0 cm³/mol. The molecular formula is C15H16N4. The van der Waals surface area contributed by atoms with E-state index >= 15 is 0 Å². The first-order chi connectivity index (χ1) is 9.20. The van der Waals surface area contributed by atoms with E-state index in [2.05, 4.69) is 39.7 Å². The molecule has 19 heavy (non-hydrogen) atoms. The van der Waals surface area contributed by atoms with Crippen molar-refractivity contribution in [3.8, 4) is 0 Å². The summed E-state index contributed by atoms with van der Waals surface area (Å²) in [7, 11) is 1.91. The zero-order valence-corrected chi connectivity index (χ0v) is 11.1. The van der Waals surface area contributed by atoms with Gasteiger partial charge in [-0.2, -0.15) is 5.10 Å². The quantitative estimate of drug-likeness (QED) is 0.779. The normalized spacial score (nSPS) is 10.8. The van der Waals surface area contributed by atoms with Gasteiger partial charge in [-0.25, -0.2) is 0 Å². The van der Waals surface area contributed by atoms with E-state index in [9.17, 15) is 0 Å². The van der Waals surface area contributed by atoms with Crippen LogP contribution in [-0.2, 0) is 13.6 Å². The van der Waals surface area contributed by atoms with Crippen molar-refractivity contribution in [3.05, 3.63) is 54.0 Å². The molecule has 3 rings (SSSR count). The standard InChI is InChI=1S/C15H16N4/c1-11-3-5-13-7-12(4-6-15(13)18-11)8-16-14-9-17-19(2)10-14/h3-7,9-10,16H,8H2,1-2H3. The van der Waals surface area contributed by atoms with Gasteiger partial charge in [0.2, 0.25) is 0 Å². The Morgan fingerprint density at radius 1 is 1.21 bits per heavy atom. The lowest BCUT2D eigenvalue weighted by molar-refractivity contribution is 0.768. The SMILES string of the molecule is Cc1ccc2cc(CNc3cnn(C)c3)ccc2n1. The lowest BCUT2D eigenvalue weighted by atomic mass is 10.1. The molecule has 0 aliphatic heterocycles. The number of benzene rings is 1. The minimum absolute atomic E-state index is 0.787. The lowest BCUT2D eigenvalue weighted by Crippen LogP contribution is -1.98. The van der Waals surface area contributed by atoms with Gasteiger partial charge in [-0.1, -0.05) is 12.1 Å². The fourth-order valence-electron chi connectivity index (χ4n) is 2.10. The Balaban J connectivity index is 1.79. The highest BCUT2D eigenvalue weighted by Crippen LogP contribution is 2.16. The molecule has 96 valence electrons. The van der Waals surface area contributed by atoms with Crippen molar-refractivity contribution in [3.63, 3.8) is 0 Å². The summed E-state index contributed by atoms with van der Waals surface area (Å²) >= 11 is 0. The third kappa shape index (κ3) is 2.57. The number of hydrogen-bond donors (Lipinski definition) is 1. The van der Waals surface area contributed by atoms with Gasteiger partial charge in [-0.15, -0.1) is 0 Å². The van der Waals surface area contributed by atoms with Crippen LogP contribution in [0.4, 0.5) is 5.69 Å². The van der Waals surface area contributed by atoms with Crippen molar-refractivity contribution in [2.24, 2.45) is 7.05 Å². The predicted octanol–water partition coefficient (Wildman–Crippen LogP) is 2.89. The summed E-state index contributed by atoms with van der Waals surface area (Å²) < 4.78 is 1.79. The molecule has 0 aliphatic rings. The summed E-state index contributed by atoms with van der Waals surface area (Å²) in [5.41, 5.74) is 4.37. The molecule has 0 unspecified atom stereocenters. The van der Waals surface area contributed by atoms with Crippen LogP contribution in [0.5, 0.6) is 0 Å². The zero-order chi connectivity index (χ0) is 13.2. The van der Waals surface area contributed by atoms with Crippen molar-refractivity contribution in [2.45, 2.75) is 13.5 Å². The largest absolute Gasteiger partial charge is 0.378 e. The summed E-state index contributed by atoms with van der Waals surface area (Å²) in [5, 5.41) is 8.66. The Morgan fingerprint density at radius 3 is 2.89 bits per heavy atom. The van der Waals surface area contributed by atoms with Crippen molar-refractivity contribution in [1.82, 2.24) is 14.8 Å². The van der Waals surface area contributed by atoms with E-state index in [1.165, 1.54) is 10.9 Å². The summed E-state index contributed by atoms with van der Waals surface area (Å²) in [5.74, 6) is 0. The van der Waals surface area contributed by atoms with E-state index in [4.69, 9.17) is 0 Å². The second-order valence-corrected chi connectivity index (χ2v) is 4.74. The van der Waals surface area contributed by atoms with Crippen LogP contribution >= 0.6 is 0 Å². The van der Waals surface area contributed by atoms with Crippen molar-refractivity contribution in [2.75, 3.05) is 5.32 Å². The van der Waals surface area contributed by atoms with Gasteiger partial charge in [0.25, 0.3) is 0 Å². The van der Waals surface area contributed by atoms with Crippen LogP contribution in [-0.4, -0.2) is 14.8 Å². The molecule has 0 radical (unpaired) electrons. The Bertz CT molecular complexity index is 715. The molecular weight excluding hydrogens is 236 g/mol. The molecule has 0 saturated carbocycles. The summed E-state index contributed by atoms with van der Waals surface area (Å²) in [6.45, 7) is 2.80. The summed E-state index contributed by atoms with van der Waals surface area (Å²) in [4.78, 5) is 4.50. The number of rotatable bonds is 3. The molecule has 0 amide bonds. The number of aryl methyl sites for hydroxylation is 2. The fourth-order valence-corrected chi connectivity index (χ4v) is 2.10. The Hall–Kier alpha value is -2.36. The van der Waals surface area contributed by atoms with Gasteiger partial charge in [0.1, 0.15) is 0 Å². The van der Waals surface area contributed by atoms with Crippen LogP contribution < -0.4 is 5.32 Å². The molecule has 0 saturated heterocycles. The van der Waals surface area contributed by atoms with Crippen LogP contribution in [0.2, 0.25) is 0 Å². The molecule has 1 aromatic carbocycles. The fraction of sp³-hybridized carbons (Fsp3) is 0.200. The minimum Gasteiger partial charge on any atom is -0.378 e. The first-order valence-corrected chi connectivity index (χ1v) is 6.29. The van der Waals surface area contributed by atoms with Crippen LogP contribution in [0.25, 0.3) is 10.9 Å².